The third-order valence-corrected chi connectivity index (χ3v) is 5.35. The SMILES string of the molecule is Cc1cc(C)cc(NC(=O)Cn2cnc3scc(-c4ccccc4)c3c2=O)c1. The van der Waals surface area contributed by atoms with Crippen LogP contribution in [0.15, 0.2) is 65.0 Å². The maximum Gasteiger partial charge on any atom is 0.263 e. The first kappa shape index (κ1) is 18.1. The molecule has 140 valence electrons. The molecule has 28 heavy (non-hydrogen) atoms. The van der Waals surface area contributed by atoms with Crippen LogP contribution in [0.2, 0.25) is 0 Å². The summed E-state index contributed by atoms with van der Waals surface area (Å²) in [6.45, 7) is 3.87. The summed E-state index contributed by atoms with van der Waals surface area (Å²) in [5.74, 6) is -0.259. The second-order valence-electron chi connectivity index (χ2n) is 6.80. The summed E-state index contributed by atoms with van der Waals surface area (Å²) in [6.07, 6.45) is 1.44. The Morgan fingerprint density at radius 3 is 2.54 bits per heavy atom. The zero-order chi connectivity index (χ0) is 19.7. The highest BCUT2D eigenvalue weighted by atomic mass is 32.1. The summed E-state index contributed by atoms with van der Waals surface area (Å²) in [6, 6.07) is 15.6. The number of carbonyl (C=O) groups is 1. The average molecular weight is 389 g/mol. The molecule has 2 heterocycles. The Morgan fingerprint density at radius 2 is 1.82 bits per heavy atom. The van der Waals surface area contributed by atoms with Crippen LogP contribution in [0.5, 0.6) is 0 Å². The molecule has 4 aromatic rings. The predicted molar refractivity (Wildman–Crippen MR) is 114 cm³/mol. The molecule has 0 radical (unpaired) electrons. The first-order chi connectivity index (χ1) is 13.5. The fourth-order valence-electron chi connectivity index (χ4n) is 3.31. The highest BCUT2D eigenvalue weighted by molar-refractivity contribution is 7.17. The highest BCUT2D eigenvalue weighted by Gasteiger charge is 2.14. The van der Waals surface area contributed by atoms with Crippen molar-refractivity contribution in [1.82, 2.24) is 9.55 Å². The molecule has 0 saturated carbocycles. The van der Waals surface area contributed by atoms with Crippen LogP contribution >= 0.6 is 11.3 Å². The Kier molecular flexibility index (Phi) is 4.79. The molecule has 0 atom stereocenters. The van der Waals surface area contributed by atoms with E-state index in [1.807, 2.05) is 67.8 Å². The number of hydrogen-bond donors (Lipinski definition) is 1. The third-order valence-electron chi connectivity index (χ3n) is 4.46. The van der Waals surface area contributed by atoms with Crippen LogP contribution in [-0.2, 0) is 11.3 Å². The molecule has 0 fully saturated rings. The van der Waals surface area contributed by atoms with Crippen molar-refractivity contribution in [3.8, 4) is 11.1 Å². The molecule has 0 spiro atoms. The molecule has 6 heteroatoms. The van der Waals surface area contributed by atoms with Crippen molar-refractivity contribution in [3.63, 3.8) is 0 Å². The number of benzene rings is 2. The zero-order valence-electron chi connectivity index (χ0n) is 15.6. The van der Waals surface area contributed by atoms with Crippen molar-refractivity contribution < 1.29 is 4.79 Å². The fraction of sp³-hybridized carbons (Fsp3) is 0.136. The molecule has 2 aromatic heterocycles. The lowest BCUT2D eigenvalue weighted by atomic mass is 10.1. The van der Waals surface area contributed by atoms with Gasteiger partial charge in [-0.2, -0.15) is 0 Å². The number of aromatic nitrogens is 2. The Morgan fingerprint density at radius 1 is 1.11 bits per heavy atom. The molecule has 5 nitrogen and oxygen atoms in total. The van der Waals surface area contributed by atoms with Gasteiger partial charge in [0.1, 0.15) is 11.4 Å². The smallest absolute Gasteiger partial charge is 0.263 e. The molecule has 2 aromatic carbocycles. The van der Waals surface area contributed by atoms with E-state index in [9.17, 15) is 9.59 Å². The van der Waals surface area contributed by atoms with E-state index >= 15 is 0 Å². The average Bonchev–Trinajstić information content (AvgIpc) is 3.09. The van der Waals surface area contributed by atoms with Crippen LogP contribution in [0.4, 0.5) is 5.69 Å². The normalized spacial score (nSPS) is 10.9. The molecule has 0 aliphatic heterocycles. The number of hydrogen-bond acceptors (Lipinski definition) is 4. The maximum atomic E-state index is 13.0. The number of nitrogens with zero attached hydrogens (tertiary/aromatic N) is 2. The molecule has 0 bridgehead atoms. The zero-order valence-corrected chi connectivity index (χ0v) is 16.4. The minimum atomic E-state index is -0.259. The Balaban J connectivity index is 1.65. The summed E-state index contributed by atoms with van der Waals surface area (Å²) in [5.41, 5.74) is 4.47. The van der Waals surface area contributed by atoms with E-state index in [1.165, 1.54) is 22.2 Å². The summed E-state index contributed by atoms with van der Waals surface area (Å²) < 4.78 is 1.36. The summed E-state index contributed by atoms with van der Waals surface area (Å²) in [5, 5.41) is 5.36. The van der Waals surface area contributed by atoms with Crippen LogP contribution in [0.1, 0.15) is 11.1 Å². The molecule has 1 N–H and O–H groups in total. The van der Waals surface area contributed by atoms with Gasteiger partial charge in [0.05, 0.1) is 11.7 Å². The van der Waals surface area contributed by atoms with Crippen LogP contribution in [0.3, 0.4) is 0 Å². The lowest BCUT2D eigenvalue weighted by molar-refractivity contribution is -0.116. The molecule has 0 saturated heterocycles. The van der Waals surface area contributed by atoms with Crippen molar-refractivity contribution in [2.75, 3.05) is 5.32 Å². The van der Waals surface area contributed by atoms with Crippen LogP contribution in [0, 0.1) is 13.8 Å². The van der Waals surface area contributed by atoms with Crippen molar-refractivity contribution >= 4 is 33.1 Å². The van der Waals surface area contributed by atoms with E-state index in [0.29, 0.717) is 10.2 Å². The Labute approximate surface area is 166 Å². The van der Waals surface area contributed by atoms with Gasteiger partial charge < -0.3 is 5.32 Å². The van der Waals surface area contributed by atoms with Crippen molar-refractivity contribution in [2.24, 2.45) is 0 Å². The molecule has 0 aliphatic carbocycles. The summed E-state index contributed by atoms with van der Waals surface area (Å²) in [4.78, 5) is 30.6. The van der Waals surface area contributed by atoms with E-state index in [4.69, 9.17) is 0 Å². The minimum absolute atomic E-state index is 0.0845. The number of nitrogens with one attached hydrogen (secondary N) is 1. The van der Waals surface area contributed by atoms with Crippen molar-refractivity contribution in [2.45, 2.75) is 20.4 Å². The van der Waals surface area contributed by atoms with E-state index < -0.39 is 0 Å². The summed E-state index contributed by atoms with van der Waals surface area (Å²) >= 11 is 1.43. The van der Waals surface area contributed by atoms with Gasteiger partial charge in [0.25, 0.3) is 5.56 Å². The molecule has 1 amide bonds. The number of thiophene rings is 1. The van der Waals surface area contributed by atoms with Gasteiger partial charge in [0.2, 0.25) is 5.91 Å². The number of carbonyl (C=O) groups excluding carboxylic acids is 1. The lowest BCUT2D eigenvalue weighted by Crippen LogP contribution is -2.27. The van der Waals surface area contributed by atoms with Gasteiger partial charge in [-0.15, -0.1) is 11.3 Å². The van der Waals surface area contributed by atoms with E-state index in [0.717, 1.165) is 27.9 Å². The van der Waals surface area contributed by atoms with Gasteiger partial charge in [-0.3, -0.25) is 14.2 Å². The second-order valence-corrected chi connectivity index (χ2v) is 7.66. The third kappa shape index (κ3) is 3.59. The van der Waals surface area contributed by atoms with E-state index in [-0.39, 0.29) is 18.0 Å². The van der Waals surface area contributed by atoms with Gasteiger partial charge in [-0.1, -0.05) is 36.4 Å². The standard InChI is InChI=1S/C22H19N3O2S/c1-14-8-15(2)10-17(9-14)24-19(26)11-25-13-23-21-20(22(25)27)18(12-28-21)16-6-4-3-5-7-16/h3-10,12-13H,11H2,1-2H3,(H,24,26). The Hall–Kier alpha value is -3.25. The van der Waals surface area contributed by atoms with Crippen LogP contribution < -0.4 is 10.9 Å². The number of amides is 1. The molecule has 0 unspecified atom stereocenters. The molecule has 4 rings (SSSR count). The minimum Gasteiger partial charge on any atom is -0.325 e. The number of anilines is 1. The van der Waals surface area contributed by atoms with E-state index in [1.54, 1.807) is 0 Å². The highest BCUT2D eigenvalue weighted by Crippen LogP contribution is 2.30. The number of rotatable bonds is 4. The lowest BCUT2D eigenvalue weighted by Gasteiger charge is -2.09. The predicted octanol–water partition coefficient (Wildman–Crippen LogP) is 4.38. The van der Waals surface area contributed by atoms with Gasteiger partial charge in [-0.05, 0) is 42.7 Å². The van der Waals surface area contributed by atoms with Gasteiger partial charge in [0, 0.05) is 16.6 Å². The molecule has 0 aliphatic rings. The van der Waals surface area contributed by atoms with Gasteiger partial charge in [-0.25, -0.2) is 4.98 Å². The summed E-state index contributed by atoms with van der Waals surface area (Å²) in [7, 11) is 0. The first-order valence-electron chi connectivity index (χ1n) is 8.91. The number of aryl methyl sites for hydroxylation is 2. The van der Waals surface area contributed by atoms with E-state index in [2.05, 4.69) is 10.3 Å². The quantitative estimate of drug-likeness (QED) is 0.563. The largest absolute Gasteiger partial charge is 0.325 e. The van der Waals surface area contributed by atoms with Crippen LogP contribution in [0.25, 0.3) is 21.3 Å². The first-order valence-corrected chi connectivity index (χ1v) is 9.79. The molecular formula is C22H19N3O2S. The topological polar surface area (TPSA) is 64.0 Å². The second kappa shape index (κ2) is 7.40. The fourth-order valence-corrected chi connectivity index (χ4v) is 4.22. The van der Waals surface area contributed by atoms with Gasteiger partial charge >= 0.3 is 0 Å². The Bertz CT molecular complexity index is 1210. The molecular weight excluding hydrogens is 370 g/mol. The maximum absolute atomic E-state index is 13.0. The van der Waals surface area contributed by atoms with Gasteiger partial charge in [0.15, 0.2) is 0 Å². The monoisotopic (exact) mass is 389 g/mol. The van der Waals surface area contributed by atoms with Crippen LogP contribution in [-0.4, -0.2) is 15.5 Å². The van der Waals surface area contributed by atoms with Crippen molar-refractivity contribution in [1.29, 1.82) is 0 Å². The number of fused-ring (bicyclic) bond motifs is 1. The van der Waals surface area contributed by atoms with Crippen molar-refractivity contribution in [3.05, 3.63) is 81.7 Å².